The van der Waals surface area contributed by atoms with Crippen molar-refractivity contribution in [3.05, 3.63) is 59.7 Å². The summed E-state index contributed by atoms with van der Waals surface area (Å²) in [6, 6.07) is 8.96. The highest BCUT2D eigenvalue weighted by molar-refractivity contribution is 7.89. The lowest BCUT2D eigenvalue weighted by molar-refractivity contribution is -0.126. The Morgan fingerprint density at radius 2 is 1.70 bits per heavy atom. The van der Waals surface area contributed by atoms with Crippen LogP contribution in [0.1, 0.15) is 31.4 Å². The number of sulfonamides is 1. The van der Waals surface area contributed by atoms with E-state index in [9.17, 15) is 22.0 Å². The lowest BCUT2D eigenvalue weighted by atomic mass is 9.96. The van der Waals surface area contributed by atoms with E-state index in [-0.39, 0.29) is 47.4 Å². The lowest BCUT2D eigenvalue weighted by Gasteiger charge is -2.31. The molecule has 2 aromatic carbocycles. The summed E-state index contributed by atoms with van der Waals surface area (Å²) in [5.74, 6) is -1.45. The number of halogens is 2. The van der Waals surface area contributed by atoms with Crippen LogP contribution in [0.3, 0.4) is 0 Å². The summed E-state index contributed by atoms with van der Waals surface area (Å²) in [5.41, 5.74) is 0.781. The molecule has 9 heteroatoms. The Balaban J connectivity index is 1.63. The first-order valence-corrected chi connectivity index (χ1v) is 11.1. The highest BCUT2D eigenvalue weighted by Gasteiger charge is 2.34. The molecule has 0 aliphatic carbocycles. The van der Waals surface area contributed by atoms with Crippen molar-refractivity contribution in [1.29, 1.82) is 0 Å². The van der Waals surface area contributed by atoms with E-state index in [1.165, 1.54) is 29.6 Å². The number of carbonyl (C=O) groups excluding carboxylic acids is 1. The van der Waals surface area contributed by atoms with Crippen molar-refractivity contribution in [2.75, 3.05) is 20.2 Å². The fourth-order valence-electron chi connectivity index (χ4n) is 3.52. The van der Waals surface area contributed by atoms with Gasteiger partial charge < -0.3 is 10.1 Å². The van der Waals surface area contributed by atoms with E-state index in [4.69, 9.17) is 4.74 Å². The van der Waals surface area contributed by atoms with Crippen LogP contribution in [0.25, 0.3) is 0 Å². The van der Waals surface area contributed by atoms with E-state index < -0.39 is 15.8 Å². The number of carbonyl (C=O) groups is 1. The van der Waals surface area contributed by atoms with Gasteiger partial charge in [-0.15, -0.1) is 0 Å². The molecule has 1 fully saturated rings. The highest BCUT2D eigenvalue weighted by Crippen LogP contribution is 2.30. The van der Waals surface area contributed by atoms with Crippen molar-refractivity contribution in [2.45, 2.75) is 30.7 Å². The van der Waals surface area contributed by atoms with Gasteiger partial charge in [0.15, 0.2) is 0 Å². The van der Waals surface area contributed by atoms with Gasteiger partial charge in [0, 0.05) is 19.0 Å². The number of hydrogen-bond donors (Lipinski definition) is 1. The number of hydrogen-bond acceptors (Lipinski definition) is 4. The van der Waals surface area contributed by atoms with Crippen molar-refractivity contribution < 1.29 is 26.7 Å². The maximum Gasteiger partial charge on any atom is 0.246 e. The summed E-state index contributed by atoms with van der Waals surface area (Å²) < 4.78 is 58.9. The number of amides is 1. The fourth-order valence-corrected chi connectivity index (χ4v) is 5.15. The molecule has 1 atom stereocenters. The standard InChI is InChI=1S/C21H24F2N2O4S/c1-14(15-3-5-17(22)6-4-15)24-21(26)16-9-11-25(12-10-16)30(27,28)20-13-18(23)7-8-19(20)29-2/h3-8,13-14,16H,9-12H2,1-2H3,(H,24,26). The summed E-state index contributed by atoms with van der Waals surface area (Å²) in [4.78, 5) is 12.4. The minimum absolute atomic E-state index is 0.0735. The van der Waals surface area contributed by atoms with E-state index in [1.807, 2.05) is 0 Å². The second kappa shape index (κ2) is 9.09. The van der Waals surface area contributed by atoms with Crippen molar-refractivity contribution in [1.82, 2.24) is 9.62 Å². The lowest BCUT2D eigenvalue weighted by Crippen LogP contribution is -2.43. The van der Waals surface area contributed by atoms with Crippen molar-refractivity contribution >= 4 is 15.9 Å². The van der Waals surface area contributed by atoms with Gasteiger partial charge in [0.1, 0.15) is 22.3 Å². The Bertz CT molecular complexity index is 1000. The second-order valence-electron chi connectivity index (χ2n) is 7.26. The molecule has 1 aliphatic rings. The molecule has 1 aliphatic heterocycles. The monoisotopic (exact) mass is 438 g/mol. The number of nitrogens with one attached hydrogen (secondary N) is 1. The van der Waals surface area contributed by atoms with E-state index in [0.29, 0.717) is 12.8 Å². The van der Waals surface area contributed by atoms with Crippen molar-refractivity contribution in [2.24, 2.45) is 5.92 Å². The highest BCUT2D eigenvalue weighted by atomic mass is 32.2. The third-order valence-corrected chi connectivity index (χ3v) is 7.22. The maximum atomic E-state index is 13.6. The van der Waals surface area contributed by atoms with Crippen LogP contribution in [0.4, 0.5) is 8.78 Å². The predicted molar refractivity (Wildman–Crippen MR) is 107 cm³/mol. The third kappa shape index (κ3) is 4.79. The molecule has 162 valence electrons. The molecule has 6 nitrogen and oxygen atoms in total. The quantitative estimate of drug-likeness (QED) is 0.751. The molecular formula is C21H24F2N2O4S. The average Bonchev–Trinajstić information content (AvgIpc) is 2.74. The molecule has 0 bridgehead atoms. The maximum absolute atomic E-state index is 13.6. The van der Waals surface area contributed by atoms with Crippen LogP contribution in [-0.4, -0.2) is 38.8 Å². The van der Waals surface area contributed by atoms with Crippen LogP contribution in [0, 0.1) is 17.6 Å². The zero-order valence-corrected chi connectivity index (χ0v) is 17.6. The predicted octanol–water partition coefficient (Wildman–Crippen LogP) is 3.25. The first-order valence-electron chi connectivity index (χ1n) is 9.62. The minimum Gasteiger partial charge on any atom is -0.495 e. The second-order valence-corrected chi connectivity index (χ2v) is 9.16. The topological polar surface area (TPSA) is 75.7 Å². The zero-order chi connectivity index (χ0) is 21.9. The summed E-state index contributed by atoms with van der Waals surface area (Å²) in [6.45, 7) is 2.09. The fraction of sp³-hybridized carbons (Fsp3) is 0.381. The summed E-state index contributed by atoms with van der Waals surface area (Å²) in [5, 5.41) is 2.90. The molecule has 3 rings (SSSR count). The van der Waals surface area contributed by atoms with Crippen LogP contribution in [0.2, 0.25) is 0 Å². The molecule has 1 unspecified atom stereocenters. The molecule has 30 heavy (non-hydrogen) atoms. The molecule has 1 amide bonds. The van der Waals surface area contributed by atoms with Crippen molar-refractivity contribution in [3.8, 4) is 5.75 Å². The number of nitrogens with zero attached hydrogens (tertiary/aromatic N) is 1. The van der Waals surface area contributed by atoms with Crippen LogP contribution >= 0.6 is 0 Å². The van der Waals surface area contributed by atoms with Gasteiger partial charge in [0.2, 0.25) is 15.9 Å². The van der Waals surface area contributed by atoms with Gasteiger partial charge in [-0.2, -0.15) is 4.31 Å². The van der Waals surface area contributed by atoms with Gasteiger partial charge >= 0.3 is 0 Å². The van der Waals surface area contributed by atoms with Crippen LogP contribution in [-0.2, 0) is 14.8 Å². The largest absolute Gasteiger partial charge is 0.495 e. The molecular weight excluding hydrogens is 414 g/mol. The van der Waals surface area contributed by atoms with Crippen LogP contribution in [0.5, 0.6) is 5.75 Å². The smallest absolute Gasteiger partial charge is 0.246 e. The Morgan fingerprint density at radius 1 is 1.10 bits per heavy atom. The molecule has 0 radical (unpaired) electrons. The van der Waals surface area contributed by atoms with Crippen LogP contribution < -0.4 is 10.1 Å². The first-order chi connectivity index (χ1) is 14.2. The van der Waals surface area contributed by atoms with E-state index >= 15 is 0 Å². The average molecular weight is 438 g/mol. The Kier molecular flexibility index (Phi) is 6.72. The van der Waals surface area contributed by atoms with Gasteiger partial charge in [-0.1, -0.05) is 12.1 Å². The van der Waals surface area contributed by atoms with Gasteiger partial charge in [0.05, 0.1) is 13.2 Å². The van der Waals surface area contributed by atoms with E-state index in [2.05, 4.69) is 5.32 Å². The SMILES string of the molecule is COc1ccc(F)cc1S(=O)(=O)N1CCC(C(=O)NC(C)c2ccc(F)cc2)CC1. The number of rotatable bonds is 6. The zero-order valence-electron chi connectivity index (χ0n) is 16.8. The minimum atomic E-state index is -3.95. The summed E-state index contributed by atoms with van der Waals surface area (Å²) >= 11 is 0. The Hall–Kier alpha value is -2.52. The van der Waals surface area contributed by atoms with Crippen molar-refractivity contribution in [3.63, 3.8) is 0 Å². The van der Waals surface area contributed by atoms with E-state index in [0.717, 1.165) is 17.7 Å². The molecule has 0 saturated carbocycles. The molecule has 1 heterocycles. The first kappa shape index (κ1) is 22.2. The normalized spacial score (nSPS) is 16.8. The third-order valence-electron chi connectivity index (χ3n) is 5.30. The van der Waals surface area contributed by atoms with Gasteiger partial charge in [-0.3, -0.25) is 4.79 Å². The number of piperidine rings is 1. The molecule has 1 saturated heterocycles. The molecule has 1 N–H and O–H groups in total. The molecule has 0 aromatic heterocycles. The molecule has 2 aromatic rings. The van der Waals surface area contributed by atoms with Gasteiger partial charge in [-0.25, -0.2) is 17.2 Å². The van der Waals surface area contributed by atoms with Gasteiger partial charge in [0.25, 0.3) is 0 Å². The number of benzene rings is 2. The number of methoxy groups -OCH3 is 1. The Morgan fingerprint density at radius 3 is 2.30 bits per heavy atom. The summed E-state index contributed by atoms with van der Waals surface area (Å²) in [6.07, 6.45) is 0.692. The molecule has 0 spiro atoms. The number of ether oxygens (including phenoxy) is 1. The Labute approximate surface area is 174 Å². The van der Waals surface area contributed by atoms with Crippen LogP contribution in [0.15, 0.2) is 47.4 Å². The van der Waals surface area contributed by atoms with E-state index in [1.54, 1.807) is 19.1 Å². The summed E-state index contributed by atoms with van der Waals surface area (Å²) in [7, 11) is -2.62. The van der Waals surface area contributed by atoms with Gasteiger partial charge in [-0.05, 0) is 55.7 Å².